The number of hydrogen-bond donors (Lipinski definition) is 0. The Bertz CT molecular complexity index is 669. The predicted molar refractivity (Wildman–Crippen MR) is 86.1 cm³/mol. The van der Waals surface area contributed by atoms with Crippen LogP contribution in [0.25, 0.3) is 0 Å². The fourth-order valence-corrected chi connectivity index (χ4v) is 2.64. The molecule has 1 fully saturated rings. The van der Waals surface area contributed by atoms with Crippen LogP contribution in [0.3, 0.4) is 0 Å². The van der Waals surface area contributed by atoms with Crippen LogP contribution >= 0.6 is 15.9 Å². The molecular formula is C17H16BrFO4. The number of hydrogen-bond acceptors (Lipinski definition) is 4. The molecule has 0 unspecified atom stereocenters. The molecule has 1 aliphatic heterocycles. The monoisotopic (exact) mass is 382 g/mol. The normalized spacial score (nSPS) is 14.9. The van der Waals surface area contributed by atoms with E-state index < -0.39 is 12.1 Å². The van der Waals surface area contributed by atoms with Crippen molar-refractivity contribution in [1.82, 2.24) is 0 Å². The number of benzene rings is 2. The molecule has 1 saturated heterocycles. The van der Waals surface area contributed by atoms with E-state index in [0.29, 0.717) is 35.6 Å². The van der Waals surface area contributed by atoms with Gasteiger partial charge in [-0.25, -0.2) is 4.39 Å². The van der Waals surface area contributed by atoms with Crippen molar-refractivity contribution in [3.05, 3.63) is 57.8 Å². The van der Waals surface area contributed by atoms with Gasteiger partial charge in [-0.1, -0.05) is 12.1 Å². The van der Waals surface area contributed by atoms with Gasteiger partial charge in [0.05, 0.1) is 30.4 Å². The van der Waals surface area contributed by atoms with Gasteiger partial charge in [-0.05, 0) is 39.7 Å². The Kier molecular flexibility index (Phi) is 5.15. The average Bonchev–Trinajstić information content (AvgIpc) is 3.10. The summed E-state index contributed by atoms with van der Waals surface area (Å²) in [4.78, 5) is 0. The summed E-state index contributed by atoms with van der Waals surface area (Å²) < 4.78 is 36.1. The summed E-state index contributed by atoms with van der Waals surface area (Å²) >= 11 is 3.18. The van der Waals surface area contributed by atoms with Gasteiger partial charge >= 0.3 is 0 Å². The molecule has 0 spiro atoms. The van der Waals surface area contributed by atoms with Gasteiger partial charge in [0.15, 0.2) is 6.29 Å². The van der Waals surface area contributed by atoms with Gasteiger partial charge in [0, 0.05) is 6.07 Å². The zero-order valence-electron chi connectivity index (χ0n) is 12.6. The lowest BCUT2D eigenvalue weighted by molar-refractivity contribution is -0.0459. The maximum atomic E-state index is 13.8. The summed E-state index contributed by atoms with van der Waals surface area (Å²) in [6, 6.07) is 10.5. The van der Waals surface area contributed by atoms with E-state index >= 15 is 0 Å². The van der Waals surface area contributed by atoms with Gasteiger partial charge in [0.2, 0.25) is 0 Å². The van der Waals surface area contributed by atoms with Crippen LogP contribution in [-0.2, 0) is 16.1 Å². The highest BCUT2D eigenvalue weighted by Gasteiger charge is 2.24. The second-order valence-electron chi connectivity index (χ2n) is 5.01. The molecule has 0 aliphatic carbocycles. The molecule has 2 aromatic carbocycles. The second-order valence-corrected chi connectivity index (χ2v) is 5.87. The maximum Gasteiger partial charge on any atom is 0.187 e. The lowest BCUT2D eigenvalue weighted by Gasteiger charge is -2.16. The second kappa shape index (κ2) is 7.29. The van der Waals surface area contributed by atoms with Crippen LogP contribution in [0.2, 0.25) is 0 Å². The van der Waals surface area contributed by atoms with Gasteiger partial charge < -0.3 is 18.9 Å². The highest BCUT2D eigenvalue weighted by molar-refractivity contribution is 9.10. The van der Waals surface area contributed by atoms with E-state index in [0.717, 1.165) is 11.3 Å². The fourth-order valence-electron chi connectivity index (χ4n) is 2.27. The zero-order valence-corrected chi connectivity index (χ0v) is 14.1. The third-order valence-corrected chi connectivity index (χ3v) is 4.09. The molecule has 1 heterocycles. The van der Waals surface area contributed by atoms with E-state index in [9.17, 15) is 4.39 Å². The molecule has 1 aliphatic rings. The van der Waals surface area contributed by atoms with Crippen molar-refractivity contribution in [3.63, 3.8) is 0 Å². The van der Waals surface area contributed by atoms with Crippen LogP contribution in [0.15, 0.2) is 40.9 Å². The molecule has 0 bridgehead atoms. The van der Waals surface area contributed by atoms with Crippen molar-refractivity contribution < 1.29 is 23.3 Å². The molecule has 4 nitrogen and oxygen atoms in total. The Morgan fingerprint density at radius 3 is 2.52 bits per heavy atom. The summed E-state index contributed by atoms with van der Waals surface area (Å²) in [5, 5.41) is 0. The minimum absolute atomic E-state index is 0.310. The quantitative estimate of drug-likeness (QED) is 0.775. The topological polar surface area (TPSA) is 36.9 Å². The first kappa shape index (κ1) is 16.2. The standard InChI is InChI=1S/C17H16BrFO4/c1-20-12-4-2-11(3-5-12)10-23-16-9-15(19)14(18)8-13(16)17-21-6-7-22-17/h2-5,8-9,17H,6-7,10H2,1H3. The van der Waals surface area contributed by atoms with Crippen LogP contribution in [0.1, 0.15) is 17.4 Å². The Labute approximate surface area is 142 Å². The highest BCUT2D eigenvalue weighted by atomic mass is 79.9. The van der Waals surface area contributed by atoms with Crippen molar-refractivity contribution in [3.8, 4) is 11.5 Å². The first-order valence-corrected chi connectivity index (χ1v) is 7.94. The largest absolute Gasteiger partial charge is 0.497 e. The molecule has 0 radical (unpaired) electrons. The summed E-state index contributed by atoms with van der Waals surface area (Å²) in [6.07, 6.45) is -0.530. The summed E-state index contributed by atoms with van der Waals surface area (Å²) in [7, 11) is 1.62. The van der Waals surface area contributed by atoms with Crippen molar-refractivity contribution in [2.45, 2.75) is 12.9 Å². The van der Waals surface area contributed by atoms with Gasteiger partial charge in [-0.3, -0.25) is 0 Å². The predicted octanol–water partition coefficient (Wildman–Crippen LogP) is 4.22. The van der Waals surface area contributed by atoms with E-state index in [1.165, 1.54) is 6.07 Å². The van der Waals surface area contributed by atoms with Gasteiger partial charge in [-0.15, -0.1) is 0 Å². The minimum Gasteiger partial charge on any atom is -0.497 e. The number of rotatable bonds is 5. The number of methoxy groups -OCH3 is 1. The Morgan fingerprint density at radius 2 is 1.87 bits per heavy atom. The lowest BCUT2D eigenvalue weighted by atomic mass is 10.2. The summed E-state index contributed by atoms with van der Waals surface area (Å²) in [6.45, 7) is 1.33. The third-order valence-electron chi connectivity index (χ3n) is 3.48. The fraction of sp³-hybridized carbons (Fsp3) is 0.294. The number of halogens is 2. The SMILES string of the molecule is COc1ccc(COc2cc(F)c(Br)cc2C2OCCO2)cc1. The summed E-state index contributed by atoms with van der Waals surface area (Å²) in [5.74, 6) is 0.793. The molecule has 0 saturated carbocycles. The molecule has 122 valence electrons. The first-order chi connectivity index (χ1) is 11.2. The minimum atomic E-state index is -0.530. The van der Waals surface area contributed by atoms with E-state index in [1.807, 2.05) is 24.3 Å². The Hall–Kier alpha value is -1.63. The molecule has 0 atom stereocenters. The third kappa shape index (κ3) is 3.83. The van der Waals surface area contributed by atoms with Gasteiger partial charge in [0.1, 0.15) is 23.9 Å². The van der Waals surface area contributed by atoms with Crippen LogP contribution in [0.4, 0.5) is 4.39 Å². The molecule has 3 rings (SSSR count). The van der Waals surface area contributed by atoms with Crippen LogP contribution in [0, 0.1) is 5.82 Å². The van der Waals surface area contributed by atoms with Crippen LogP contribution < -0.4 is 9.47 Å². The highest BCUT2D eigenvalue weighted by Crippen LogP contribution is 2.35. The lowest BCUT2D eigenvalue weighted by Crippen LogP contribution is -2.05. The van der Waals surface area contributed by atoms with Crippen molar-refractivity contribution in [1.29, 1.82) is 0 Å². The Morgan fingerprint density at radius 1 is 1.17 bits per heavy atom. The van der Waals surface area contributed by atoms with Crippen molar-refractivity contribution >= 4 is 15.9 Å². The molecule has 0 aromatic heterocycles. The van der Waals surface area contributed by atoms with E-state index in [-0.39, 0.29) is 0 Å². The molecule has 0 N–H and O–H groups in total. The van der Waals surface area contributed by atoms with Gasteiger partial charge in [0.25, 0.3) is 0 Å². The van der Waals surface area contributed by atoms with Crippen molar-refractivity contribution in [2.24, 2.45) is 0 Å². The van der Waals surface area contributed by atoms with Crippen LogP contribution in [-0.4, -0.2) is 20.3 Å². The van der Waals surface area contributed by atoms with E-state index in [4.69, 9.17) is 18.9 Å². The van der Waals surface area contributed by atoms with Crippen molar-refractivity contribution in [2.75, 3.05) is 20.3 Å². The molecular weight excluding hydrogens is 367 g/mol. The average molecular weight is 383 g/mol. The first-order valence-electron chi connectivity index (χ1n) is 7.15. The summed E-state index contributed by atoms with van der Waals surface area (Å²) in [5.41, 5.74) is 1.62. The Balaban J connectivity index is 1.78. The van der Waals surface area contributed by atoms with E-state index in [1.54, 1.807) is 13.2 Å². The molecule has 6 heteroatoms. The molecule has 23 heavy (non-hydrogen) atoms. The van der Waals surface area contributed by atoms with Crippen LogP contribution in [0.5, 0.6) is 11.5 Å². The maximum absolute atomic E-state index is 13.8. The van der Waals surface area contributed by atoms with Gasteiger partial charge in [-0.2, -0.15) is 0 Å². The number of ether oxygens (including phenoxy) is 4. The smallest absolute Gasteiger partial charge is 0.187 e. The molecule has 0 amide bonds. The molecule has 2 aromatic rings. The van der Waals surface area contributed by atoms with E-state index in [2.05, 4.69) is 15.9 Å². The zero-order chi connectivity index (χ0) is 16.2.